The van der Waals surface area contributed by atoms with E-state index in [1.54, 1.807) is 0 Å². The molecule has 0 N–H and O–H groups in total. The van der Waals surface area contributed by atoms with Crippen molar-refractivity contribution >= 4 is 11.6 Å². The van der Waals surface area contributed by atoms with Crippen molar-refractivity contribution in [3.05, 3.63) is 70.2 Å². The highest BCUT2D eigenvalue weighted by atomic mass is 35.5. The average molecular weight is 315 g/mol. The zero-order valence-electron chi connectivity index (χ0n) is 14.0. The molecule has 0 aromatic heterocycles. The molecule has 0 saturated heterocycles. The number of hydrogen-bond acceptors (Lipinski definition) is 0. The third-order valence-electron chi connectivity index (χ3n) is 4.21. The lowest BCUT2D eigenvalue weighted by Gasteiger charge is -2.13. The Bertz CT molecular complexity index is 551. The smallest absolute Gasteiger partial charge is 0.0406 e. The summed E-state index contributed by atoms with van der Waals surface area (Å²) in [6, 6.07) is 17.4. The molecule has 0 nitrogen and oxygen atoms in total. The first-order valence-electron chi connectivity index (χ1n) is 8.38. The summed E-state index contributed by atoms with van der Waals surface area (Å²) in [5.41, 5.74) is 4.29. The van der Waals surface area contributed by atoms with Gasteiger partial charge in [-0.3, -0.25) is 0 Å². The van der Waals surface area contributed by atoms with E-state index in [1.807, 2.05) is 12.1 Å². The molecule has 2 aromatic rings. The van der Waals surface area contributed by atoms with Gasteiger partial charge in [0.25, 0.3) is 0 Å². The highest BCUT2D eigenvalue weighted by Gasteiger charge is 2.06. The average Bonchev–Trinajstić information content (AvgIpc) is 2.49. The molecule has 0 fully saturated rings. The number of aryl methyl sites for hydroxylation is 1. The number of halogens is 1. The van der Waals surface area contributed by atoms with E-state index in [0.717, 1.165) is 17.4 Å². The van der Waals surface area contributed by atoms with Crippen molar-refractivity contribution in [1.29, 1.82) is 0 Å². The summed E-state index contributed by atoms with van der Waals surface area (Å²) in [6.07, 6.45) is 4.75. The quantitative estimate of drug-likeness (QED) is 0.535. The van der Waals surface area contributed by atoms with Crippen LogP contribution in [0, 0.1) is 5.92 Å². The molecular weight excluding hydrogens is 288 g/mol. The largest absolute Gasteiger partial charge is 0.0843 e. The van der Waals surface area contributed by atoms with Crippen LogP contribution in [0.3, 0.4) is 0 Å². The fourth-order valence-corrected chi connectivity index (χ4v) is 3.01. The van der Waals surface area contributed by atoms with Gasteiger partial charge in [-0.05, 0) is 66.3 Å². The third-order valence-corrected chi connectivity index (χ3v) is 4.46. The Kier molecular flexibility index (Phi) is 6.51. The molecule has 0 aliphatic rings. The molecule has 0 radical (unpaired) electrons. The molecular formula is C21H27Cl. The molecule has 2 aromatic carbocycles. The summed E-state index contributed by atoms with van der Waals surface area (Å²) in [4.78, 5) is 0. The molecule has 0 amide bonds. The van der Waals surface area contributed by atoms with Crippen molar-refractivity contribution in [2.75, 3.05) is 0 Å². The van der Waals surface area contributed by atoms with E-state index in [1.165, 1.54) is 36.0 Å². The van der Waals surface area contributed by atoms with Crippen LogP contribution in [0.1, 0.15) is 56.2 Å². The zero-order chi connectivity index (χ0) is 15.9. The molecule has 0 spiro atoms. The van der Waals surface area contributed by atoms with Gasteiger partial charge in [0.1, 0.15) is 0 Å². The Morgan fingerprint density at radius 3 is 2.00 bits per heavy atom. The zero-order valence-corrected chi connectivity index (χ0v) is 14.7. The second kappa shape index (κ2) is 8.39. The highest BCUT2D eigenvalue weighted by molar-refractivity contribution is 6.30. The third kappa shape index (κ3) is 5.50. The maximum Gasteiger partial charge on any atom is 0.0406 e. The fourth-order valence-electron chi connectivity index (χ4n) is 2.88. The molecule has 1 atom stereocenters. The van der Waals surface area contributed by atoms with Crippen LogP contribution in [0.25, 0.3) is 0 Å². The summed E-state index contributed by atoms with van der Waals surface area (Å²) < 4.78 is 0. The molecule has 0 unspecified atom stereocenters. The van der Waals surface area contributed by atoms with E-state index in [0.29, 0.717) is 5.92 Å². The van der Waals surface area contributed by atoms with Crippen molar-refractivity contribution in [3.8, 4) is 0 Å². The van der Waals surface area contributed by atoms with Gasteiger partial charge in [0.15, 0.2) is 0 Å². The second-order valence-corrected chi connectivity index (χ2v) is 7.20. The second-order valence-electron chi connectivity index (χ2n) is 6.76. The van der Waals surface area contributed by atoms with Gasteiger partial charge in [-0.25, -0.2) is 0 Å². The van der Waals surface area contributed by atoms with Gasteiger partial charge >= 0.3 is 0 Å². The summed E-state index contributed by atoms with van der Waals surface area (Å²) >= 11 is 5.92. The van der Waals surface area contributed by atoms with Crippen molar-refractivity contribution in [2.45, 2.75) is 52.4 Å². The lowest BCUT2D eigenvalue weighted by Crippen LogP contribution is -1.98. The first-order chi connectivity index (χ1) is 10.5. The van der Waals surface area contributed by atoms with Gasteiger partial charge in [0.2, 0.25) is 0 Å². The van der Waals surface area contributed by atoms with E-state index in [9.17, 15) is 0 Å². The van der Waals surface area contributed by atoms with E-state index in [2.05, 4.69) is 57.2 Å². The minimum absolute atomic E-state index is 0.625. The van der Waals surface area contributed by atoms with Crippen LogP contribution in [-0.4, -0.2) is 0 Å². The summed E-state index contributed by atoms with van der Waals surface area (Å²) in [6.45, 7) is 6.87. The first-order valence-corrected chi connectivity index (χ1v) is 8.75. The van der Waals surface area contributed by atoms with Gasteiger partial charge in [-0.15, -0.1) is 0 Å². The van der Waals surface area contributed by atoms with Gasteiger partial charge in [-0.1, -0.05) is 68.8 Å². The summed E-state index contributed by atoms with van der Waals surface area (Å²) in [5.74, 6) is 1.35. The minimum Gasteiger partial charge on any atom is -0.0843 e. The van der Waals surface area contributed by atoms with E-state index < -0.39 is 0 Å². The van der Waals surface area contributed by atoms with Crippen LogP contribution in [0.15, 0.2) is 48.5 Å². The Labute approximate surface area is 140 Å². The molecule has 0 aliphatic heterocycles. The lowest BCUT2D eigenvalue weighted by atomic mass is 9.92. The predicted octanol–water partition coefficient (Wildman–Crippen LogP) is 6.66. The fraction of sp³-hybridized carbons (Fsp3) is 0.429. The first kappa shape index (κ1) is 17.1. The van der Waals surface area contributed by atoms with Crippen LogP contribution >= 0.6 is 11.6 Å². The van der Waals surface area contributed by atoms with Crippen molar-refractivity contribution in [1.82, 2.24) is 0 Å². The lowest BCUT2D eigenvalue weighted by molar-refractivity contribution is 0.630. The van der Waals surface area contributed by atoms with Crippen LogP contribution < -0.4 is 0 Å². The predicted molar refractivity (Wildman–Crippen MR) is 97.8 cm³/mol. The van der Waals surface area contributed by atoms with E-state index >= 15 is 0 Å². The molecule has 118 valence electrons. The van der Waals surface area contributed by atoms with E-state index in [-0.39, 0.29) is 0 Å². The monoisotopic (exact) mass is 314 g/mol. The maximum absolute atomic E-state index is 5.92. The van der Waals surface area contributed by atoms with Crippen molar-refractivity contribution in [2.24, 2.45) is 5.92 Å². The Hall–Kier alpha value is -1.27. The van der Waals surface area contributed by atoms with Crippen LogP contribution in [0.4, 0.5) is 0 Å². The number of hydrogen-bond donors (Lipinski definition) is 0. The molecule has 1 heteroatoms. The Morgan fingerprint density at radius 2 is 1.41 bits per heavy atom. The van der Waals surface area contributed by atoms with Gasteiger partial charge in [0.05, 0.1) is 0 Å². The SMILES string of the molecule is CC(C)Cc1ccc([C@H](C)CCCc2ccc(Cl)cc2)cc1. The van der Waals surface area contributed by atoms with Gasteiger partial charge < -0.3 is 0 Å². The van der Waals surface area contributed by atoms with Crippen LogP contribution in [-0.2, 0) is 12.8 Å². The standard InChI is InChI=1S/C21H27Cl/c1-16(2)15-19-7-11-20(12-8-19)17(3)5-4-6-18-9-13-21(22)14-10-18/h7-14,16-17H,4-6,15H2,1-3H3/t17-/m1/s1. The molecule has 22 heavy (non-hydrogen) atoms. The molecule has 0 bridgehead atoms. The van der Waals surface area contributed by atoms with Crippen LogP contribution in [0.2, 0.25) is 5.02 Å². The normalized spacial score (nSPS) is 12.6. The number of rotatable bonds is 7. The van der Waals surface area contributed by atoms with E-state index in [4.69, 9.17) is 11.6 Å². The molecule has 0 aliphatic carbocycles. The summed E-state index contributed by atoms with van der Waals surface area (Å²) in [5, 5.41) is 0.818. The Morgan fingerprint density at radius 1 is 0.818 bits per heavy atom. The summed E-state index contributed by atoms with van der Waals surface area (Å²) in [7, 11) is 0. The van der Waals surface area contributed by atoms with Gasteiger partial charge in [-0.2, -0.15) is 0 Å². The molecule has 0 heterocycles. The highest BCUT2D eigenvalue weighted by Crippen LogP contribution is 2.23. The molecule has 0 saturated carbocycles. The number of benzene rings is 2. The maximum atomic E-state index is 5.92. The topological polar surface area (TPSA) is 0 Å². The Balaban J connectivity index is 1.81. The minimum atomic E-state index is 0.625. The van der Waals surface area contributed by atoms with Crippen molar-refractivity contribution < 1.29 is 0 Å². The molecule has 2 rings (SSSR count). The van der Waals surface area contributed by atoms with Crippen LogP contribution in [0.5, 0.6) is 0 Å². The van der Waals surface area contributed by atoms with Gasteiger partial charge in [0, 0.05) is 5.02 Å². The van der Waals surface area contributed by atoms with Crippen molar-refractivity contribution in [3.63, 3.8) is 0 Å².